The predicted octanol–water partition coefficient (Wildman–Crippen LogP) is 1.24. The SMILES string of the molecule is CN=C(NCCN(C)CCCOC)NCC(C)N1CCC(C)CC1. The molecule has 24 heavy (non-hydrogen) atoms. The first kappa shape index (κ1) is 21.2. The Labute approximate surface area is 149 Å². The van der Waals surface area contributed by atoms with Crippen LogP contribution in [0.2, 0.25) is 0 Å². The summed E-state index contributed by atoms with van der Waals surface area (Å²) in [5.74, 6) is 1.79. The molecule has 1 heterocycles. The minimum Gasteiger partial charge on any atom is -0.385 e. The van der Waals surface area contributed by atoms with Gasteiger partial charge in [0.1, 0.15) is 0 Å². The first-order valence-corrected chi connectivity index (χ1v) is 9.42. The quantitative estimate of drug-likeness (QED) is 0.356. The molecule has 2 N–H and O–H groups in total. The number of hydrogen-bond acceptors (Lipinski definition) is 4. The number of aliphatic imine (C=N–C) groups is 1. The van der Waals surface area contributed by atoms with Crippen LogP contribution in [-0.4, -0.2) is 88.9 Å². The van der Waals surface area contributed by atoms with Crippen molar-refractivity contribution in [3.63, 3.8) is 0 Å². The first-order chi connectivity index (χ1) is 11.6. The van der Waals surface area contributed by atoms with E-state index in [0.717, 1.165) is 51.1 Å². The normalized spacial score (nSPS) is 18.8. The Morgan fingerprint density at radius 1 is 1.29 bits per heavy atom. The Bertz CT molecular complexity index is 342. The highest BCUT2D eigenvalue weighted by Gasteiger charge is 2.20. The molecule has 0 aliphatic carbocycles. The molecule has 6 nitrogen and oxygen atoms in total. The van der Waals surface area contributed by atoms with Crippen molar-refractivity contribution in [1.29, 1.82) is 0 Å². The van der Waals surface area contributed by atoms with Crippen LogP contribution in [0, 0.1) is 5.92 Å². The Hall–Kier alpha value is -0.850. The third-order valence-corrected chi connectivity index (χ3v) is 4.90. The topological polar surface area (TPSA) is 52.1 Å². The second kappa shape index (κ2) is 12.5. The van der Waals surface area contributed by atoms with Crippen LogP contribution in [0.4, 0.5) is 0 Å². The number of nitrogens with zero attached hydrogens (tertiary/aromatic N) is 3. The van der Waals surface area contributed by atoms with Gasteiger partial charge in [0.05, 0.1) is 0 Å². The monoisotopic (exact) mass is 341 g/mol. The fraction of sp³-hybridized carbons (Fsp3) is 0.944. The van der Waals surface area contributed by atoms with E-state index >= 15 is 0 Å². The van der Waals surface area contributed by atoms with Gasteiger partial charge in [-0.25, -0.2) is 0 Å². The van der Waals surface area contributed by atoms with Crippen LogP contribution in [0.15, 0.2) is 4.99 Å². The molecule has 0 saturated carbocycles. The molecule has 0 spiro atoms. The van der Waals surface area contributed by atoms with Gasteiger partial charge in [-0.15, -0.1) is 0 Å². The Morgan fingerprint density at radius 3 is 2.62 bits per heavy atom. The summed E-state index contributed by atoms with van der Waals surface area (Å²) in [6.45, 7) is 11.9. The highest BCUT2D eigenvalue weighted by molar-refractivity contribution is 5.79. The largest absolute Gasteiger partial charge is 0.385 e. The van der Waals surface area contributed by atoms with Gasteiger partial charge in [-0.3, -0.25) is 9.89 Å². The number of rotatable bonds is 10. The standard InChI is InChI=1S/C18H39N5O/c1-16-7-11-23(12-8-16)17(2)15-21-18(19-3)20-9-13-22(4)10-6-14-24-5/h16-17H,6-15H2,1-5H3,(H2,19,20,21). The summed E-state index contributed by atoms with van der Waals surface area (Å²) in [5, 5.41) is 6.87. The molecule has 0 aromatic rings. The number of hydrogen-bond donors (Lipinski definition) is 2. The van der Waals surface area contributed by atoms with Gasteiger partial charge in [0.15, 0.2) is 5.96 Å². The van der Waals surface area contributed by atoms with Crippen LogP contribution in [0.5, 0.6) is 0 Å². The van der Waals surface area contributed by atoms with E-state index in [1.54, 1.807) is 7.11 Å². The van der Waals surface area contributed by atoms with E-state index in [0.29, 0.717) is 6.04 Å². The minimum absolute atomic E-state index is 0.549. The zero-order valence-electron chi connectivity index (χ0n) is 16.5. The Balaban J connectivity index is 2.16. The number of likely N-dealkylation sites (tertiary alicyclic amines) is 1. The summed E-state index contributed by atoms with van der Waals surface area (Å²) in [5.41, 5.74) is 0. The van der Waals surface area contributed by atoms with Gasteiger partial charge < -0.3 is 20.3 Å². The van der Waals surface area contributed by atoms with Gasteiger partial charge in [-0.05, 0) is 52.2 Å². The maximum absolute atomic E-state index is 5.09. The lowest BCUT2D eigenvalue weighted by molar-refractivity contribution is 0.147. The van der Waals surface area contributed by atoms with Crippen LogP contribution < -0.4 is 10.6 Å². The summed E-state index contributed by atoms with van der Waals surface area (Å²) in [6, 6.07) is 0.549. The van der Waals surface area contributed by atoms with E-state index in [-0.39, 0.29) is 0 Å². The lowest BCUT2D eigenvalue weighted by atomic mass is 9.98. The van der Waals surface area contributed by atoms with E-state index in [9.17, 15) is 0 Å². The van der Waals surface area contributed by atoms with Crippen molar-refractivity contribution >= 4 is 5.96 Å². The van der Waals surface area contributed by atoms with Gasteiger partial charge in [0, 0.05) is 53.0 Å². The number of nitrogens with one attached hydrogen (secondary N) is 2. The number of ether oxygens (including phenoxy) is 1. The van der Waals surface area contributed by atoms with Gasteiger partial charge in [-0.1, -0.05) is 6.92 Å². The van der Waals surface area contributed by atoms with E-state index < -0.39 is 0 Å². The second-order valence-electron chi connectivity index (χ2n) is 7.10. The number of guanidine groups is 1. The zero-order valence-corrected chi connectivity index (χ0v) is 16.5. The first-order valence-electron chi connectivity index (χ1n) is 9.42. The summed E-state index contributed by atoms with van der Waals surface area (Å²) in [4.78, 5) is 9.23. The molecule has 142 valence electrons. The van der Waals surface area contributed by atoms with Crippen LogP contribution in [-0.2, 0) is 4.74 Å². The van der Waals surface area contributed by atoms with Gasteiger partial charge in [0.2, 0.25) is 0 Å². The van der Waals surface area contributed by atoms with E-state index in [4.69, 9.17) is 4.74 Å². The molecule has 1 fully saturated rings. The molecule has 1 saturated heterocycles. The predicted molar refractivity (Wildman–Crippen MR) is 103 cm³/mol. The van der Waals surface area contributed by atoms with E-state index in [1.807, 2.05) is 7.05 Å². The molecule has 1 atom stereocenters. The highest BCUT2D eigenvalue weighted by Crippen LogP contribution is 2.17. The van der Waals surface area contributed by atoms with Gasteiger partial charge in [-0.2, -0.15) is 0 Å². The molecule has 0 radical (unpaired) electrons. The lowest BCUT2D eigenvalue weighted by Gasteiger charge is -2.35. The van der Waals surface area contributed by atoms with Crippen molar-refractivity contribution in [3.05, 3.63) is 0 Å². The van der Waals surface area contributed by atoms with Crippen molar-refractivity contribution in [2.24, 2.45) is 10.9 Å². The maximum atomic E-state index is 5.09. The van der Waals surface area contributed by atoms with Crippen molar-refractivity contribution in [1.82, 2.24) is 20.4 Å². The van der Waals surface area contributed by atoms with E-state index in [1.165, 1.54) is 25.9 Å². The van der Waals surface area contributed by atoms with Crippen LogP contribution in [0.25, 0.3) is 0 Å². The summed E-state index contributed by atoms with van der Waals surface area (Å²) in [7, 11) is 5.74. The fourth-order valence-electron chi connectivity index (χ4n) is 3.02. The lowest BCUT2D eigenvalue weighted by Crippen LogP contribution is -2.48. The van der Waals surface area contributed by atoms with Crippen LogP contribution >= 0.6 is 0 Å². The summed E-state index contributed by atoms with van der Waals surface area (Å²) in [6.07, 6.45) is 3.73. The molecule has 1 rings (SSSR count). The van der Waals surface area contributed by atoms with Crippen molar-refractivity contribution in [2.75, 3.05) is 67.1 Å². The van der Waals surface area contributed by atoms with Crippen LogP contribution in [0.3, 0.4) is 0 Å². The average molecular weight is 342 g/mol. The molecule has 1 unspecified atom stereocenters. The zero-order chi connectivity index (χ0) is 17.8. The van der Waals surface area contributed by atoms with Crippen molar-refractivity contribution < 1.29 is 4.74 Å². The number of likely N-dealkylation sites (N-methyl/N-ethyl adjacent to an activating group) is 1. The molecule has 0 aromatic carbocycles. The minimum atomic E-state index is 0.549. The van der Waals surface area contributed by atoms with E-state index in [2.05, 4.69) is 46.3 Å². The summed E-state index contributed by atoms with van der Waals surface area (Å²) >= 11 is 0. The highest BCUT2D eigenvalue weighted by atomic mass is 16.5. The van der Waals surface area contributed by atoms with Crippen molar-refractivity contribution in [2.45, 2.75) is 39.2 Å². The Morgan fingerprint density at radius 2 is 2.00 bits per heavy atom. The Kier molecular flexibility index (Phi) is 11.0. The third-order valence-electron chi connectivity index (χ3n) is 4.90. The second-order valence-corrected chi connectivity index (χ2v) is 7.10. The molecule has 0 amide bonds. The van der Waals surface area contributed by atoms with Crippen LogP contribution in [0.1, 0.15) is 33.1 Å². The molecular formula is C18H39N5O. The molecule has 1 aliphatic heterocycles. The third kappa shape index (κ3) is 8.85. The molecular weight excluding hydrogens is 302 g/mol. The van der Waals surface area contributed by atoms with Crippen molar-refractivity contribution in [3.8, 4) is 0 Å². The average Bonchev–Trinajstić information content (AvgIpc) is 2.58. The van der Waals surface area contributed by atoms with Gasteiger partial charge >= 0.3 is 0 Å². The number of piperidine rings is 1. The molecule has 0 bridgehead atoms. The smallest absolute Gasteiger partial charge is 0.191 e. The molecule has 6 heteroatoms. The number of methoxy groups -OCH3 is 1. The molecule has 0 aromatic heterocycles. The maximum Gasteiger partial charge on any atom is 0.191 e. The molecule has 1 aliphatic rings. The summed E-state index contributed by atoms with van der Waals surface area (Å²) < 4.78 is 5.09. The van der Waals surface area contributed by atoms with Gasteiger partial charge in [0.25, 0.3) is 0 Å². The fourth-order valence-corrected chi connectivity index (χ4v) is 3.02.